The Kier molecular flexibility index (Phi) is 3.37. The van der Waals surface area contributed by atoms with Gasteiger partial charge in [-0.2, -0.15) is 4.79 Å². The van der Waals surface area contributed by atoms with Crippen LogP contribution in [-0.2, 0) is 14.5 Å². The monoisotopic (exact) mass is 238 g/mol. The predicted octanol–water partition coefficient (Wildman–Crippen LogP) is 0.945. The minimum atomic E-state index is -4.03. The van der Waals surface area contributed by atoms with E-state index in [0.29, 0.717) is 6.42 Å². The zero-order valence-corrected chi connectivity index (χ0v) is 9.66. The third kappa shape index (κ3) is 1.99. The van der Waals surface area contributed by atoms with Gasteiger partial charge in [-0.1, -0.05) is 17.2 Å². The average Bonchev–Trinajstić information content (AvgIpc) is 2.33. The van der Waals surface area contributed by atoms with Gasteiger partial charge in [0.2, 0.25) is 0 Å². The lowest BCUT2D eigenvalue weighted by molar-refractivity contribution is -0.725. The van der Waals surface area contributed by atoms with Crippen LogP contribution in [0.25, 0.3) is 0 Å². The summed E-state index contributed by atoms with van der Waals surface area (Å²) in [7, 11) is -4.03. The fraction of sp³-hybridized carbons (Fsp3) is 0.875. The van der Waals surface area contributed by atoms with Crippen molar-refractivity contribution in [3.05, 3.63) is 0 Å². The summed E-state index contributed by atoms with van der Waals surface area (Å²) in [5.74, 6) is 0. The molecule has 0 aromatic heterocycles. The van der Waals surface area contributed by atoms with E-state index < -0.39 is 26.4 Å². The van der Waals surface area contributed by atoms with Gasteiger partial charge in [-0.15, -0.1) is 8.42 Å². The summed E-state index contributed by atoms with van der Waals surface area (Å²) in [6, 6.07) is 0. The minimum Gasteiger partial charge on any atom is -0.434 e. The van der Waals surface area contributed by atoms with Gasteiger partial charge < -0.3 is 5.11 Å². The van der Waals surface area contributed by atoms with Crippen LogP contribution < -0.4 is 0 Å². The Bertz CT molecular complexity index is 352. The van der Waals surface area contributed by atoms with Crippen LogP contribution in [0.5, 0.6) is 0 Å². The zero-order chi connectivity index (χ0) is 11.7. The molecule has 1 aliphatic rings. The normalized spacial score (nSPS) is 34.1. The molecule has 0 aromatic rings. The summed E-state index contributed by atoms with van der Waals surface area (Å²) in [5, 5.41) is 9.06. The van der Waals surface area contributed by atoms with Crippen molar-refractivity contribution in [2.75, 3.05) is 13.1 Å². The van der Waals surface area contributed by atoms with E-state index in [1.165, 1.54) is 0 Å². The van der Waals surface area contributed by atoms with E-state index in [9.17, 15) is 13.2 Å². The van der Waals surface area contributed by atoms with Gasteiger partial charge in [-0.05, 0) is 13.3 Å². The van der Waals surface area contributed by atoms with Crippen LogP contribution in [0.3, 0.4) is 0 Å². The molecular weight excluding hydrogens is 222 g/mol. The predicted molar refractivity (Wildman–Crippen MR) is 52.4 cm³/mol. The van der Waals surface area contributed by atoms with Crippen LogP contribution in [0.2, 0.25) is 0 Å². The molecular formula is C8H16NO5S+. The first-order valence-corrected chi connectivity index (χ1v) is 6.26. The standard InChI is InChI=1S/C8H15NO5S/c1-3-4-5-9(8(10)11)6-7(2)14-15(9,12)13/h7H,3-6H2,1-2H3/p+1. The largest absolute Gasteiger partial charge is 0.531 e. The summed E-state index contributed by atoms with van der Waals surface area (Å²) in [4.78, 5) is 11.1. The van der Waals surface area contributed by atoms with Crippen molar-refractivity contribution in [3.63, 3.8) is 0 Å². The van der Waals surface area contributed by atoms with E-state index in [2.05, 4.69) is 4.18 Å². The number of unbranched alkanes of at least 4 members (excludes halogenated alkanes) is 1. The summed E-state index contributed by atoms with van der Waals surface area (Å²) in [5.41, 5.74) is 0. The molecule has 1 saturated heterocycles. The number of carboxylic acid groups (broad SMARTS) is 1. The molecule has 0 spiro atoms. The summed E-state index contributed by atoms with van der Waals surface area (Å²) in [6.07, 6.45) is -0.630. The molecule has 0 bridgehead atoms. The van der Waals surface area contributed by atoms with Gasteiger partial charge in [-0.25, -0.2) is 4.18 Å². The molecule has 0 radical (unpaired) electrons. The molecule has 0 saturated carbocycles. The van der Waals surface area contributed by atoms with Gasteiger partial charge in [0, 0.05) is 0 Å². The molecule has 6 nitrogen and oxygen atoms in total. The fourth-order valence-corrected chi connectivity index (χ4v) is 3.29. The van der Waals surface area contributed by atoms with E-state index in [1.807, 2.05) is 6.92 Å². The van der Waals surface area contributed by atoms with Gasteiger partial charge in [0.15, 0.2) is 0 Å². The van der Waals surface area contributed by atoms with Gasteiger partial charge in [-0.3, -0.25) is 0 Å². The first-order valence-electron chi connectivity index (χ1n) is 4.89. The maximum atomic E-state index is 11.6. The molecule has 7 heteroatoms. The zero-order valence-electron chi connectivity index (χ0n) is 8.84. The van der Waals surface area contributed by atoms with Crippen molar-refractivity contribution in [2.24, 2.45) is 0 Å². The number of hydrogen-bond acceptors (Lipinski definition) is 4. The molecule has 1 aliphatic heterocycles. The van der Waals surface area contributed by atoms with Crippen LogP contribution in [0.1, 0.15) is 26.7 Å². The Balaban J connectivity index is 3.06. The number of carbonyl (C=O) groups is 1. The third-order valence-electron chi connectivity index (χ3n) is 2.49. The number of nitrogens with zero attached hydrogens (tertiary/aromatic N) is 1. The second kappa shape index (κ2) is 4.07. The lowest BCUT2D eigenvalue weighted by Crippen LogP contribution is -2.53. The Morgan fingerprint density at radius 3 is 2.53 bits per heavy atom. The average molecular weight is 238 g/mol. The highest BCUT2D eigenvalue weighted by Crippen LogP contribution is 2.28. The van der Waals surface area contributed by atoms with Crippen molar-refractivity contribution in [1.29, 1.82) is 0 Å². The number of hydrogen-bond donors (Lipinski definition) is 1. The highest BCUT2D eigenvalue weighted by molar-refractivity contribution is 7.81. The number of amides is 1. The van der Waals surface area contributed by atoms with Crippen LogP contribution >= 0.6 is 0 Å². The SMILES string of the molecule is CCCC[N+]1(C(=O)O)CC(C)OS1(=O)=O. The second-order valence-corrected chi connectivity index (χ2v) is 5.51. The highest BCUT2D eigenvalue weighted by Gasteiger charge is 2.58. The fourth-order valence-electron chi connectivity index (χ4n) is 1.71. The van der Waals surface area contributed by atoms with Crippen molar-refractivity contribution in [2.45, 2.75) is 32.8 Å². The summed E-state index contributed by atoms with van der Waals surface area (Å²) in [6.45, 7) is 3.49. The lowest BCUT2D eigenvalue weighted by Gasteiger charge is -2.22. The molecule has 0 aromatic carbocycles. The second-order valence-electron chi connectivity index (χ2n) is 3.77. The first kappa shape index (κ1) is 12.4. The summed E-state index contributed by atoms with van der Waals surface area (Å²) < 4.78 is 26.9. The molecule has 1 rings (SSSR count). The molecule has 0 aliphatic carbocycles. The van der Waals surface area contributed by atoms with E-state index in [0.717, 1.165) is 6.42 Å². The van der Waals surface area contributed by atoms with Crippen LogP contribution in [0.15, 0.2) is 0 Å². The molecule has 15 heavy (non-hydrogen) atoms. The molecule has 1 amide bonds. The Hall–Kier alpha value is -0.660. The maximum Gasteiger partial charge on any atom is 0.531 e. The first-order chi connectivity index (χ1) is 6.85. The van der Waals surface area contributed by atoms with Crippen LogP contribution in [0.4, 0.5) is 4.79 Å². The van der Waals surface area contributed by atoms with E-state index in [4.69, 9.17) is 5.11 Å². The van der Waals surface area contributed by atoms with Gasteiger partial charge >= 0.3 is 16.4 Å². The Morgan fingerprint density at radius 1 is 1.60 bits per heavy atom. The molecule has 1 fully saturated rings. The van der Waals surface area contributed by atoms with E-state index >= 15 is 0 Å². The van der Waals surface area contributed by atoms with Crippen LogP contribution in [-0.4, -0.2) is 42.7 Å². The number of rotatable bonds is 3. The van der Waals surface area contributed by atoms with Gasteiger partial charge in [0.1, 0.15) is 19.2 Å². The van der Waals surface area contributed by atoms with Gasteiger partial charge in [0.25, 0.3) is 0 Å². The molecule has 88 valence electrons. The van der Waals surface area contributed by atoms with Crippen molar-refractivity contribution >= 4 is 16.4 Å². The Labute approximate surface area is 89.3 Å². The molecule has 1 heterocycles. The minimum absolute atomic E-state index is 0.0162. The highest BCUT2D eigenvalue weighted by atomic mass is 32.2. The molecule has 2 atom stereocenters. The van der Waals surface area contributed by atoms with Crippen molar-refractivity contribution in [3.8, 4) is 0 Å². The quantitative estimate of drug-likeness (QED) is 0.740. The van der Waals surface area contributed by atoms with Crippen molar-refractivity contribution in [1.82, 2.24) is 0 Å². The summed E-state index contributed by atoms with van der Waals surface area (Å²) >= 11 is 0. The topological polar surface area (TPSA) is 80.7 Å². The van der Waals surface area contributed by atoms with Crippen molar-refractivity contribution < 1.29 is 26.4 Å². The van der Waals surface area contributed by atoms with Gasteiger partial charge in [0.05, 0.1) is 0 Å². The maximum absolute atomic E-state index is 11.6. The van der Waals surface area contributed by atoms with Crippen LogP contribution in [0, 0.1) is 0 Å². The van der Waals surface area contributed by atoms with E-state index in [1.54, 1.807) is 6.92 Å². The molecule has 1 N–H and O–H groups in total. The lowest BCUT2D eigenvalue weighted by atomic mass is 10.3. The van der Waals surface area contributed by atoms with E-state index in [-0.39, 0.29) is 13.1 Å². The molecule has 2 unspecified atom stereocenters. The number of quaternary nitrogens is 1. The third-order valence-corrected chi connectivity index (χ3v) is 4.40. The smallest absolute Gasteiger partial charge is 0.434 e. The Morgan fingerprint density at radius 2 is 2.20 bits per heavy atom.